The fourth-order valence-electron chi connectivity index (χ4n) is 5.05. The van der Waals surface area contributed by atoms with Crippen LogP contribution >= 0.6 is 0 Å². The fourth-order valence-corrected chi connectivity index (χ4v) is 5.05. The lowest BCUT2D eigenvalue weighted by molar-refractivity contribution is 0.123. The zero-order valence-electron chi connectivity index (χ0n) is 19.8. The topological polar surface area (TPSA) is 63.1 Å². The van der Waals surface area contributed by atoms with E-state index in [9.17, 15) is 10.1 Å². The van der Waals surface area contributed by atoms with Gasteiger partial charge in [-0.05, 0) is 48.4 Å². The molecule has 1 unspecified atom stereocenters. The van der Waals surface area contributed by atoms with Gasteiger partial charge in [0.25, 0.3) is 5.56 Å². The Hall–Kier alpha value is -2.94. The molecule has 0 aliphatic carbocycles. The third-order valence-electron chi connectivity index (χ3n) is 7.21. The number of hydrogen-bond donors (Lipinski definition) is 1. The summed E-state index contributed by atoms with van der Waals surface area (Å²) in [5.74, 6) is 0.266. The van der Waals surface area contributed by atoms with E-state index in [0.717, 1.165) is 67.6 Å². The van der Waals surface area contributed by atoms with Gasteiger partial charge in [-0.15, -0.1) is 0 Å². The first-order valence-electron chi connectivity index (χ1n) is 12.0. The monoisotopic (exact) mass is 442 g/mol. The summed E-state index contributed by atoms with van der Waals surface area (Å²) in [5.41, 5.74) is 2.44. The van der Waals surface area contributed by atoms with Crippen LogP contribution in [0.3, 0.4) is 0 Å². The van der Waals surface area contributed by atoms with Gasteiger partial charge in [0.15, 0.2) is 0 Å². The predicted octanol–water partition coefficient (Wildman–Crippen LogP) is 4.54. The van der Waals surface area contributed by atoms with Crippen LogP contribution in [-0.4, -0.2) is 47.5 Å². The number of rotatable bonds is 8. The maximum absolute atomic E-state index is 12.5. The van der Waals surface area contributed by atoms with Gasteiger partial charge in [0.05, 0.1) is 11.5 Å². The number of hydrogen-bond acceptors (Lipinski definition) is 4. The molecule has 0 radical (unpaired) electrons. The molecule has 2 aromatic carbocycles. The Kier molecular flexibility index (Phi) is 7.27. The number of piperazine rings is 1. The fraction of sp³-hybridized carbons (Fsp3) is 0.429. The molecule has 33 heavy (non-hydrogen) atoms. The molecule has 2 heterocycles. The summed E-state index contributed by atoms with van der Waals surface area (Å²) < 4.78 is 0. The van der Waals surface area contributed by atoms with Gasteiger partial charge in [-0.2, -0.15) is 5.26 Å². The highest BCUT2D eigenvalue weighted by atomic mass is 16.1. The summed E-state index contributed by atoms with van der Waals surface area (Å²) in [7, 11) is 0. The first-order chi connectivity index (χ1) is 16.0. The van der Waals surface area contributed by atoms with E-state index >= 15 is 0 Å². The van der Waals surface area contributed by atoms with E-state index in [4.69, 9.17) is 0 Å². The molecule has 0 bridgehead atoms. The van der Waals surface area contributed by atoms with E-state index in [1.54, 1.807) is 0 Å². The molecule has 5 nitrogen and oxygen atoms in total. The van der Waals surface area contributed by atoms with Crippen molar-refractivity contribution in [2.24, 2.45) is 5.92 Å². The van der Waals surface area contributed by atoms with Crippen LogP contribution < -0.4 is 5.56 Å². The second-order valence-electron chi connectivity index (χ2n) is 9.54. The molecular weight excluding hydrogens is 408 g/mol. The Morgan fingerprint density at radius 3 is 2.36 bits per heavy atom. The number of aromatic nitrogens is 1. The number of fused-ring (bicyclic) bond motifs is 1. The van der Waals surface area contributed by atoms with Gasteiger partial charge in [-0.3, -0.25) is 9.69 Å². The van der Waals surface area contributed by atoms with Gasteiger partial charge >= 0.3 is 0 Å². The van der Waals surface area contributed by atoms with E-state index in [2.05, 4.69) is 46.8 Å². The second-order valence-corrected chi connectivity index (χ2v) is 9.54. The number of nitrogens with one attached hydrogen (secondary N) is 1. The number of H-pyrrole nitrogens is 1. The van der Waals surface area contributed by atoms with Crippen LogP contribution in [0.1, 0.15) is 37.8 Å². The Morgan fingerprint density at radius 1 is 1.00 bits per heavy atom. The average molecular weight is 443 g/mol. The Bertz CT molecular complexity index is 1160. The summed E-state index contributed by atoms with van der Waals surface area (Å²) in [5, 5.41) is 11.2. The highest BCUT2D eigenvalue weighted by Crippen LogP contribution is 2.36. The van der Waals surface area contributed by atoms with E-state index in [1.807, 2.05) is 48.5 Å². The van der Waals surface area contributed by atoms with Crippen LogP contribution in [0.5, 0.6) is 0 Å². The largest absolute Gasteiger partial charge is 0.322 e. The van der Waals surface area contributed by atoms with Crippen molar-refractivity contribution in [3.05, 3.63) is 82.1 Å². The standard InChI is InChI=1S/C28H34N4O/c1-22(2)28(21-29,25-10-4-3-5-11-25)13-8-14-31-15-17-32(18-16-31)20-24-19-23-9-6-7-12-26(23)30-27(24)33/h3-7,9-12,19,22H,8,13-18,20H2,1-2H3,(H,30,33). The van der Waals surface area contributed by atoms with Crippen LogP contribution in [0.4, 0.5) is 0 Å². The van der Waals surface area contributed by atoms with Crippen molar-refractivity contribution in [2.45, 2.75) is 38.6 Å². The molecular formula is C28H34N4O. The van der Waals surface area contributed by atoms with Crippen molar-refractivity contribution in [1.82, 2.24) is 14.8 Å². The van der Waals surface area contributed by atoms with E-state index in [1.165, 1.54) is 0 Å². The average Bonchev–Trinajstić information content (AvgIpc) is 2.84. The number of benzene rings is 2. The number of para-hydroxylation sites is 1. The quantitative estimate of drug-likeness (QED) is 0.556. The number of nitriles is 1. The molecule has 1 atom stereocenters. The predicted molar refractivity (Wildman–Crippen MR) is 134 cm³/mol. The van der Waals surface area contributed by atoms with Crippen LogP contribution in [0, 0.1) is 17.2 Å². The van der Waals surface area contributed by atoms with Crippen molar-refractivity contribution >= 4 is 10.9 Å². The maximum atomic E-state index is 12.5. The molecule has 172 valence electrons. The molecule has 0 saturated carbocycles. The summed E-state index contributed by atoms with van der Waals surface area (Å²) in [6.45, 7) is 9.92. The van der Waals surface area contributed by atoms with E-state index in [-0.39, 0.29) is 11.5 Å². The van der Waals surface area contributed by atoms with Crippen molar-refractivity contribution in [1.29, 1.82) is 5.26 Å². The summed E-state index contributed by atoms with van der Waals surface area (Å²) >= 11 is 0. The third-order valence-corrected chi connectivity index (χ3v) is 7.21. The molecule has 1 aromatic heterocycles. The van der Waals surface area contributed by atoms with Crippen LogP contribution in [0.15, 0.2) is 65.5 Å². The Balaban J connectivity index is 1.30. The minimum Gasteiger partial charge on any atom is -0.322 e. The SMILES string of the molecule is CC(C)C(C#N)(CCCN1CCN(Cc2cc3ccccc3[nH]c2=O)CC1)c1ccccc1. The highest BCUT2D eigenvalue weighted by molar-refractivity contribution is 5.78. The Morgan fingerprint density at radius 2 is 1.67 bits per heavy atom. The van der Waals surface area contributed by atoms with Gasteiger partial charge in [-0.25, -0.2) is 0 Å². The number of nitrogens with zero attached hydrogens (tertiary/aromatic N) is 3. The minimum absolute atomic E-state index is 0.0126. The first kappa shape index (κ1) is 23.2. The molecule has 4 rings (SSSR count). The van der Waals surface area contributed by atoms with Gasteiger partial charge in [0, 0.05) is 43.8 Å². The molecule has 1 saturated heterocycles. The lowest BCUT2D eigenvalue weighted by atomic mass is 9.70. The smallest absolute Gasteiger partial charge is 0.252 e. The molecule has 0 spiro atoms. The number of pyridine rings is 1. The van der Waals surface area contributed by atoms with Gasteiger partial charge < -0.3 is 9.88 Å². The molecule has 1 fully saturated rings. The summed E-state index contributed by atoms with van der Waals surface area (Å²) in [6, 6.07) is 22.9. The maximum Gasteiger partial charge on any atom is 0.252 e. The van der Waals surface area contributed by atoms with E-state index in [0.29, 0.717) is 6.54 Å². The van der Waals surface area contributed by atoms with Crippen molar-refractivity contribution < 1.29 is 0 Å². The first-order valence-corrected chi connectivity index (χ1v) is 12.0. The Labute approximate surface area is 196 Å². The molecule has 5 heteroatoms. The zero-order valence-corrected chi connectivity index (χ0v) is 19.8. The van der Waals surface area contributed by atoms with Crippen LogP contribution in [0.2, 0.25) is 0 Å². The number of aromatic amines is 1. The summed E-state index contributed by atoms with van der Waals surface area (Å²) in [6.07, 6.45) is 1.88. The normalized spacial score (nSPS) is 17.2. The minimum atomic E-state index is -0.430. The van der Waals surface area contributed by atoms with Crippen molar-refractivity contribution in [3.8, 4) is 6.07 Å². The second kappa shape index (κ2) is 10.3. The summed E-state index contributed by atoms with van der Waals surface area (Å²) in [4.78, 5) is 20.4. The van der Waals surface area contributed by atoms with Gasteiger partial charge in [0.1, 0.15) is 0 Å². The lowest BCUT2D eigenvalue weighted by Crippen LogP contribution is -2.46. The van der Waals surface area contributed by atoms with Crippen molar-refractivity contribution in [2.75, 3.05) is 32.7 Å². The molecule has 3 aromatic rings. The van der Waals surface area contributed by atoms with Crippen molar-refractivity contribution in [3.63, 3.8) is 0 Å². The molecule has 1 aliphatic rings. The molecule has 1 aliphatic heterocycles. The zero-order chi connectivity index (χ0) is 23.3. The van der Waals surface area contributed by atoms with Crippen LogP contribution in [0.25, 0.3) is 10.9 Å². The molecule has 0 amide bonds. The van der Waals surface area contributed by atoms with Crippen LogP contribution in [-0.2, 0) is 12.0 Å². The third kappa shape index (κ3) is 5.19. The van der Waals surface area contributed by atoms with E-state index < -0.39 is 5.41 Å². The van der Waals surface area contributed by atoms with Gasteiger partial charge in [-0.1, -0.05) is 62.4 Å². The molecule has 1 N–H and O–H groups in total. The lowest BCUT2D eigenvalue weighted by Gasteiger charge is -2.36. The highest BCUT2D eigenvalue weighted by Gasteiger charge is 2.35. The van der Waals surface area contributed by atoms with Gasteiger partial charge in [0.2, 0.25) is 0 Å².